The molecular weight excluding hydrogens is 238 g/mol. The van der Waals surface area contributed by atoms with Crippen LogP contribution in [0.25, 0.3) is 0 Å². The third-order valence-corrected chi connectivity index (χ3v) is 2.98. The van der Waals surface area contributed by atoms with E-state index in [1.807, 2.05) is 23.0 Å². The highest BCUT2D eigenvalue weighted by molar-refractivity contribution is 5.57. The van der Waals surface area contributed by atoms with Gasteiger partial charge in [-0.05, 0) is 31.0 Å². The standard InChI is InChI=1S/C15H21N3O/c1-4-7-18-11-13(10-17-18)9-16-14-6-5-12(2)8-15(14)19-3/h5-6,8,10-11,16H,4,7,9H2,1-3H3. The highest BCUT2D eigenvalue weighted by atomic mass is 16.5. The molecule has 1 aromatic carbocycles. The van der Waals surface area contributed by atoms with E-state index in [4.69, 9.17) is 4.74 Å². The molecule has 2 rings (SSSR count). The third-order valence-electron chi connectivity index (χ3n) is 2.98. The number of nitrogens with one attached hydrogen (secondary N) is 1. The zero-order valence-corrected chi connectivity index (χ0v) is 11.8. The van der Waals surface area contributed by atoms with Gasteiger partial charge in [0.15, 0.2) is 0 Å². The van der Waals surface area contributed by atoms with Gasteiger partial charge < -0.3 is 10.1 Å². The van der Waals surface area contributed by atoms with Crippen molar-refractivity contribution in [1.29, 1.82) is 0 Å². The summed E-state index contributed by atoms with van der Waals surface area (Å²) in [6.07, 6.45) is 5.08. The summed E-state index contributed by atoms with van der Waals surface area (Å²) in [5, 5.41) is 7.71. The van der Waals surface area contributed by atoms with Crippen LogP contribution in [0.2, 0.25) is 0 Å². The van der Waals surface area contributed by atoms with E-state index in [9.17, 15) is 0 Å². The second kappa shape index (κ2) is 6.27. The first kappa shape index (κ1) is 13.5. The minimum absolute atomic E-state index is 0.753. The Labute approximate surface area is 114 Å². The summed E-state index contributed by atoms with van der Waals surface area (Å²) in [7, 11) is 1.69. The quantitative estimate of drug-likeness (QED) is 0.865. The lowest BCUT2D eigenvalue weighted by Crippen LogP contribution is -2.01. The van der Waals surface area contributed by atoms with Crippen molar-refractivity contribution in [3.63, 3.8) is 0 Å². The Morgan fingerprint density at radius 2 is 2.21 bits per heavy atom. The van der Waals surface area contributed by atoms with Crippen molar-refractivity contribution >= 4 is 5.69 Å². The monoisotopic (exact) mass is 259 g/mol. The lowest BCUT2D eigenvalue weighted by Gasteiger charge is -2.11. The van der Waals surface area contributed by atoms with Gasteiger partial charge >= 0.3 is 0 Å². The molecule has 0 atom stereocenters. The minimum atomic E-state index is 0.753. The molecule has 19 heavy (non-hydrogen) atoms. The van der Waals surface area contributed by atoms with E-state index in [2.05, 4.69) is 36.5 Å². The smallest absolute Gasteiger partial charge is 0.142 e. The fourth-order valence-corrected chi connectivity index (χ4v) is 1.99. The number of benzene rings is 1. The molecule has 1 N–H and O–H groups in total. The fraction of sp³-hybridized carbons (Fsp3) is 0.400. The Morgan fingerprint density at radius 3 is 2.95 bits per heavy atom. The van der Waals surface area contributed by atoms with E-state index in [0.717, 1.165) is 30.9 Å². The Bertz CT molecular complexity index is 534. The van der Waals surface area contributed by atoms with Crippen molar-refractivity contribution in [3.05, 3.63) is 41.7 Å². The molecule has 0 amide bonds. The molecule has 0 radical (unpaired) electrons. The topological polar surface area (TPSA) is 39.1 Å². The minimum Gasteiger partial charge on any atom is -0.495 e. The molecule has 4 heteroatoms. The van der Waals surface area contributed by atoms with Crippen molar-refractivity contribution in [2.45, 2.75) is 33.4 Å². The molecule has 0 bridgehead atoms. The molecule has 0 saturated heterocycles. The number of aryl methyl sites for hydroxylation is 2. The van der Waals surface area contributed by atoms with Crippen molar-refractivity contribution in [2.75, 3.05) is 12.4 Å². The van der Waals surface area contributed by atoms with Crippen LogP contribution in [0.1, 0.15) is 24.5 Å². The van der Waals surface area contributed by atoms with Crippen LogP contribution in [-0.4, -0.2) is 16.9 Å². The normalized spacial score (nSPS) is 10.5. The van der Waals surface area contributed by atoms with Gasteiger partial charge in [-0.15, -0.1) is 0 Å². The molecule has 1 aromatic heterocycles. The number of anilines is 1. The highest BCUT2D eigenvalue weighted by Gasteiger charge is 2.03. The zero-order valence-electron chi connectivity index (χ0n) is 11.8. The lowest BCUT2D eigenvalue weighted by molar-refractivity contribution is 0.416. The zero-order chi connectivity index (χ0) is 13.7. The molecule has 0 spiro atoms. The van der Waals surface area contributed by atoms with Gasteiger partial charge in [0, 0.05) is 24.8 Å². The van der Waals surface area contributed by atoms with Gasteiger partial charge in [-0.2, -0.15) is 5.10 Å². The van der Waals surface area contributed by atoms with Crippen LogP contribution in [0.15, 0.2) is 30.6 Å². The molecular formula is C15H21N3O. The van der Waals surface area contributed by atoms with E-state index >= 15 is 0 Å². The molecule has 0 aliphatic heterocycles. The van der Waals surface area contributed by atoms with Crippen molar-refractivity contribution < 1.29 is 4.74 Å². The second-order valence-electron chi connectivity index (χ2n) is 4.67. The summed E-state index contributed by atoms with van der Waals surface area (Å²) < 4.78 is 7.35. The van der Waals surface area contributed by atoms with Crippen LogP contribution in [0, 0.1) is 6.92 Å². The molecule has 0 fully saturated rings. The maximum Gasteiger partial charge on any atom is 0.142 e. The summed E-state index contributed by atoms with van der Waals surface area (Å²) in [5.74, 6) is 0.876. The number of rotatable bonds is 6. The molecule has 0 aliphatic carbocycles. The van der Waals surface area contributed by atoms with Crippen molar-refractivity contribution in [2.24, 2.45) is 0 Å². The number of methoxy groups -OCH3 is 1. The first-order valence-corrected chi connectivity index (χ1v) is 6.62. The summed E-state index contributed by atoms with van der Waals surface area (Å²) in [5.41, 5.74) is 3.38. The Morgan fingerprint density at radius 1 is 1.37 bits per heavy atom. The average molecular weight is 259 g/mol. The Kier molecular flexibility index (Phi) is 4.44. The maximum atomic E-state index is 5.38. The van der Waals surface area contributed by atoms with Gasteiger partial charge in [0.05, 0.1) is 19.0 Å². The van der Waals surface area contributed by atoms with Gasteiger partial charge in [-0.3, -0.25) is 4.68 Å². The lowest BCUT2D eigenvalue weighted by atomic mass is 10.2. The molecule has 0 saturated carbocycles. The summed E-state index contributed by atoms with van der Waals surface area (Å²) in [6, 6.07) is 6.15. The average Bonchev–Trinajstić information content (AvgIpc) is 2.85. The van der Waals surface area contributed by atoms with Crippen LogP contribution < -0.4 is 10.1 Å². The number of ether oxygens (including phenoxy) is 1. The summed E-state index contributed by atoms with van der Waals surface area (Å²) in [4.78, 5) is 0. The van der Waals surface area contributed by atoms with Gasteiger partial charge in [0.25, 0.3) is 0 Å². The van der Waals surface area contributed by atoms with E-state index < -0.39 is 0 Å². The second-order valence-corrected chi connectivity index (χ2v) is 4.67. The van der Waals surface area contributed by atoms with Crippen LogP contribution in [0.5, 0.6) is 5.75 Å². The van der Waals surface area contributed by atoms with Crippen LogP contribution in [0.4, 0.5) is 5.69 Å². The van der Waals surface area contributed by atoms with E-state index in [0.29, 0.717) is 0 Å². The first-order chi connectivity index (χ1) is 9.22. The largest absolute Gasteiger partial charge is 0.495 e. The summed E-state index contributed by atoms with van der Waals surface area (Å²) in [6.45, 7) is 5.93. The number of hydrogen-bond acceptors (Lipinski definition) is 3. The predicted molar refractivity (Wildman–Crippen MR) is 77.6 cm³/mol. The fourth-order valence-electron chi connectivity index (χ4n) is 1.99. The maximum absolute atomic E-state index is 5.38. The van der Waals surface area contributed by atoms with E-state index in [1.165, 1.54) is 11.1 Å². The van der Waals surface area contributed by atoms with Gasteiger partial charge in [0.1, 0.15) is 5.75 Å². The predicted octanol–water partition coefficient (Wildman–Crippen LogP) is 3.22. The Balaban J connectivity index is 2.01. The molecule has 0 unspecified atom stereocenters. The van der Waals surface area contributed by atoms with Crippen LogP contribution >= 0.6 is 0 Å². The van der Waals surface area contributed by atoms with E-state index in [1.54, 1.807) is 7.11 Å². The van der Waals surface area contributed by atoms with Crippen molar-refractivity contribution in [3.8, 4) is 5.75 Å². The van der Waals surface area contributed by atoms with Crippen LogP contribution in [-0.2, 0) is 13.1 Å². The van der Waals surface area contributed by atoms with Crippen molar-refractivity contribution in [1.82, 2.24) is 9.78 Å². The molecule has 102 valence electrons. The van der Waals surface area contributed by atoms with Crippen LogP contribution in [0.3, 0.4) is 0 Å². The molecule has 2 aromatic rings. The van der Waals surface area contributed by atoms with E-state index in [-0.39, 0.29) is 0 Å². The number of aromatic nitrogens is 2. The Hall–Kier alpha value is -1.97. The van der Waals surface area contributed by atoms with Gasteiger partial charge in [-0.1, -0.05) is 13.0 Å². The number of hydrogen-bond donors (Lipinski definition) is 1. The molecule has 4 nitrogen and oxygen atoms in total. The summed E-state index contributed by atoms with van der Waals surface area (Å²) >= 11 is 0. The third kappa shape index (κ3) is 3.50. The molecule has 1 heterocycles. The molecule has 0 aliphatic rings. The van der Waals surface area contributed by atoms with Gasteiger partial charge in [-0.25, -0.2) is 0 Å². The SMILES string of the molecule is CCCn1cc(CNc2ccc(C)cc2OC)cn1. The first-order valence-electron chi connectivity index (χ1n) is 6.62. The highest BCUT2D eigenvalue weighted by Crippen LogP contribution is 2.25. The van der Waals surface area contributed by atoms with Gasteiger partial charge in [0.2, 0.25) is 0 Å². The number of nitrogens with zero attached hydrogens (tertiary/aromatic N) is 2.